The van der Waals surface area contributed by atoms with Gasteiger partial charge in [-0.2, -0.15) is 0 Å². The van der Waals surface area contributed by atoms with E-state index < -0.39 is 0 Å². The number of rotatable bonds is 11. The summed E-state index contributed by atoms with van der Waals surface area (Å²) in [5.41, 5.74) is 10.0. The van der Waals surface area contributed by atoms with Crippen LogP contribution in [0.4, 0.5) is 0 Å². The van der Waals surface area contributed by atoms with E-state index in [9.17, 15) is 0 Å². The Morgan fingerprint density at radius 3 is 1.48 bits per heavy atom. The minimum atomic E-state index is 0.250. The van der Waals surface area contributed by atoms with E-state index in [1.165, 1.54) is 48.0 Å². The summed E-state index contributed by atoms with van der Waals surface area (Å²) in [6.07, 6.45) is 16.5. The van der Waals surface area contributed by atoms with E-state index in [0.717, 1.165) is 19.4 Å². The normalized spacial score (nSPS) is 12.3. The maximum atomic E-state index is 8.58. The van der Waals surface area contributed by atoms with E-state index >= 15 is 0 Å². The van der Waals surface area contributed by atoms with Crippen molar-refractivity contribution in [3.8, 4) is 0 Å². The second kappa shape index (κ2) is 18.7. The molecule has 0 radical (unpaired) electrons. The number of ether oxygens (including phenoxy) is 1. The van der Waals surface area contributed by atoms with Crippen LogP contribution in [0.5, 0.6) is 0 Å². The predicted molar refractivity (Wildman–Crippen MR) is 111 cm³/mol. The molecule has 0 bridgehead atoms. The Kier molecular flexibility index (Phi) is 19.2. The highest BCUT2D eigenvalue weighted by atomic mass is 16.5. The number of methoxy groups -OCH3 is 1. The molecule has 2 N–H and O–H groups in total. The van der Waals surface area contributed by atoms with Gasteiger partial charge in [-0.15, -0.1) is 0 Å². The van der Waals surface area contributed by atoms with Crippen molar-refractivity contribution in [3.63, 3.8) is 0 Å². The first-order valence-corrected chi connectivity index (χ1v) is 9.11. The van der Waals surface area contributed by atoms with Crippen LogP contribution < -0.4 is 5.73 Å². The van der Waals surface area contributed by atoms with Crippen molar-refractivity contribution in [3.05, 3.63) is 46.6 Å². The number of primary amides is 1. The number of carbonyl (C=O) groups is 1. The molecule has 0 aromatic carbocycles. The Morgan fingerprint density at radius 1 is 0.760 bits per heavy atom. The molecule has 0 fully saturated rings. The summed E-state index contributed by atoms with van der Waals surface area (Å²) in [7, 11) is 1.74. The van der Waals surface area contributed by atoms with Crippen molar-refractivity contribution in [1.82, 2.24) is 0 Å². The van der Waals surface area contributed by atoms with Crippen LogP contribution in [0.2, 0.25) is 0 Å². The zero-order valence-corrected chi connectivity index (χ0v) is 17.2. The minimum absolute atomic E-state index is 0.250. The van der Waals surface area contributed by atoms with Crippen LogP contribution in [0.1, 0.15) is 73.1 Å². The molecule has 144 valence electrons. The van der Waals surface area contributed by atoms with Gasteiger partial charge in [-0.3, -0.25) is 4.79 Å². The highest BCUT2D eigenvalue weighted by molar-refractivity contribution is 5.42. The topological polar surface area (TPSA) is 52.3 Å². The first kappa shape index (κ1) is 25.6. The van der Waals surface area contributed by atoms with E-state index in [0.29, 0.717) is 0 Å². The van der Waals surface area contributed by atoms with Gasteiger partial charge in [0.15, 0.2) is 0 Å². The summed E-state index contributed by atoms with van der Waals surface area (Å²) in [5.74, 6) is 0. The zero-order chi connectivity index (χ0) is 19.5. The number of hydrogen-bond donors (Lipinski definition) is 1. The number of nitrogens with two attached hydrogens (primary N) is 1. The summed E-state index contributed by atoms with van der Waals surface area (Å²) in [6.45, 7) is 11.7. The lowest BCUT2D eigenvalue weighted by atomic mass is 10.0. The lowest BCUT2D eigenvalue weighted by Gasteiger charge is -2.02. The third-order valence-corrected chi connectivity index (χ3v) is 3.75. The molecule has 1 amide bonds. The number of amides is 1. The first-order chi connectivity index (χ1) is 11.9. The molecule has 0 aliphatic heterocycles. The first-order valence-electron chi connectivity index (χ1n) is 9.11. The van der Waals surface area contributed by atoms with Crippen molar-refractivity contribution in [2.45, 2.75) is 73.1 Å². The van der Waals surface area contributed by atoms with Crippen LogP contribution in [0.15, 0.2) is 46.6 Å². The molecular weight excluding hydrogens is 310 g/mol. The van der Waals surface area contributed by atoms with Crippen molar-refractivity contribution in [2.24, 2.45) is 5.73 Å². The molecule has 25 heavy (non-hydrogen) atoms. The molecule has 0 aliphatic rings. The smallest absolute Gasteiger partial charge is 0.204 e. The molecule has 0 heterocycles. The molecule has 0 aromatic rings. The zero-order valence-electron chi connectivity index (χ0n) is 17.2. The average Bonchev–Trinajstić information content (AvgIpc) is 2.53. The van der Waals surface area contributed by atoms with Crippen molar-refractivity contribution in [2.75, 3.05) is 13.7 Å². The fraction of sp³-hybridized carbons (Fsp3) is 0.591. The standard InChI is InChI=1S/C21H36O.CH3NO/c1-18(2)10-7-11-19(3)12-8-13-20(4)14-9-15-21(5)16-17-22-6;2-1-3/h10,12,14,16H,7-9,11,13,15,17H2,1-6H3;1H,(H2,2,3)/b19-12+,20-14+,21-16+;. The summed E-state index contributed by atoms with van der Waals surface area (Å²) < 4.78 is 5.05. The molecular formula is C22H39NO2. The summed E-state index contributed by atoms with van der Waals surface area (Å²) in [5, 5.41) is 0. The van der Waals surface area contributed by atoms with Crippen LogP contribution in [0.25, 0.3) is 0 Å². The van der Waals surface area contributed by atoms with E-state index in [2.05, 4.69) is 64.7 Å². The molecule has 0 aliphatic carbocycles. The lowest BCUT2D eigenvalue weighted by Crippen LogP contribution is -1.85. The summed E-state index contributed by atoms with van der Waals surface area (Å²) >= 11 is 0. The largest absolute Gasteiger partial charge is 0.381 e. The summed E-state index contributed by atoms with van der Waals surface area (Å²) in [4.78, 5) is 8.58. The van der Waals surface area contributed by atoms with Crippen LogP contribution in [0, 0.1) is 0 Å². The van der Waals surface area contributed by atoms with Gasteiger partial charge in [0, 0.05) is 7.11 Å². The molecule has 0 aromatic heterocycles. The molecule has 3 heteroatoms. The van der Waals surface area contributed by atoms with Gasteiger partial charge in [-0.1, -0.05) is 46.6 Å². The van der Waals surface area contributed by atoms with Crippen molar-refractivity contribution in [1.29, 1.82) is 0 Å². The monoisotopic (exact) mass is 349 g/mol. The third-order valence-electron chi connectivity index (χ3n) is 3.75. The summed E-state index contributed by atoms with van der Waals surface area (Å²) in [6, 6.07) is 0. The molecule has 3 nitrogen and oxygen atoms in total. The molecule has 0 spiro atoms. The average molecular weight is 350 g/mol. The number of hydrogen-bond acceptors (Lipinski definition) is 2. The SMILES string of the molecule is COC/C=C(\C)CC/C=C(\C)CC/C=C(\C)CCC=C(C)C.NC=O. The Labute approximate surface area is 155 Å². The van der Waals surface area contributed by atoms with E-state index in [1.54, 1.807) is 7.11 Å². The molecule has 0 unspecified atom stereocenters. The van der Waals surface area contributed by atoms with Crippen LogP contribution in [-0.4, -0.2) is 20.1 Å². The maximum absolute atomic E-state index is 8.58. The molecule has 0 saturated heterocycles. The molecule has 0 rings (SSSR count). The second-order valence-corrected chi connectivity index (χ2v) is 6.64. The third kappa shape index (κ3) is 22.4. The van der Waals surface area contributed by atoms with Crippen molar-refractivity contribution < 1.29 is 9.53 Å². The van der Waals surface area contributed by atoms with E-state index in [4.69, 9.17) is 9.53 Å². The van der Waals surface area contributed by atoms with Gasteiger partial charge in [0.25, 0.3) is 0 Å². The predicted octanol–water partition coefficient (Wildman–Crippen LogP) is 5.88. The van der Waals surface area contributed by atoms with Gasteiger partial charge in [0.05, 0.1) is 6.61 Å². The van der Waals surface area contributed by atoms with Gasteiger partial charge in [0.1, 0.15) is 0 Å². The van der Waals surface area contributed by atoms with E-state index in [-0.39, 0.29) is 6.41 Å². The maximum Gasteiger partial charge on any atom is 0.204 e. The quantitative estimate of drug-likeness (QED) is 0.374. The number of allylic oxidation sites excluding steroid dienone is 7. The van der Waals surface area contributed by atoms with Crippen LogP contribution in [-0.2, 0) is 9.53 Å². The highest BCUT2D eigenvalue weighted by Crippen LogP contribution is 2.13. The van der Waals surface area contributed by atoms with Gasteiger partial charge in [-0.05, 0) is 73.1 Å². The van der Waals surface area contributed by atoms with Gasteiger partial charge in [-0.25, -0.2) is 0 Å². The Bertz CT molecular complexity index is 453. The fourth-order valence-electron chi connectivity index (χ4n) is 2.21. The van der Waals surface area contributed by atoms with Gasteiger partial charge >= 0.3 is 0 Å². The van der Waals surface area contributed by atoms with Gasteiger partial charge < -0.3 is 10.5 Å². The highest BCUT2D eigenvalue weighted by Gasteiger charge is 1.93. The second-order valence-electron chi connectivity index (χ2n) is 6.64. The van der Waals surface area contributed by atoms with Crippen LogP contribution in [0.3, 0.4) is 0 Å². The van der Waals surface area contributed by atoms with Crippen LogP contribution >= 0.6 is 0 Å². The Morgan fingerprint density at radius 2 is 1.12 bits per heavy atom. The van der Waals surface area contributed by atoms with Gasteiger partial charge in [0.2, 0.25) is 6.41 Å². The number of carbonyl (C=O) groups excluding carboxylic acids is 1. The Balaban J connectivity index is 0. The molecule has 0 atom stereocenters. The van der Waals surface area contributed by atoms with Crippen molar-refractivity contribution >= 4 is 6.41 Å². The fourth-order valence-corrected chi connectivity index (χ4v) is 2.21. The Hall–Kier alpha value is -1.61. The lowest BCUT2D eigenvalue weighted by molar-refractivity contribution is -0.106. The van der Waals surface area contributed by atoms with E-state index in [1.807, 2.05) is 0 Å². The molecule has 0 saturated carbocycles. The minimum Gasteiger partial charge on any atom is -0.381 e.